The topological polar surface area (TPSA) is 88.1 Å². The third-order valence-electron chi connectivity index (χ3n) is 4.37. The van der Waals surface area contributed by atoms with E-state index in [0.29, 0.717) is 18.3 Å². The highest BCUT2D eigenvalue weighted by molar-refractivity contribution is 5.95. The number of nitrogens with one attached hydrogen (secondary N) is 3. The van der Waals surface area contributed by atoms with Crippen molar-refractivity contribution in [1.29, 1.82) is 0 Å². The molecule has 1 aliphatic carbocycles. The van der Waals surface area contributed by atoms with E-state index in [1.54, 1.807) is 26.1 Å². The van der Waals surface area contributed by atoms with E-state index in [9.17, 15) is 9.59 Å². The number of carbonyl (C=O) groups is 2. The first-order chi connectivity index (χ1) is 11.5. The number of amides is 3. The van der Waals surface area contributed by atoms with Crippen molar-refractivity contribution in [2.45, 2.75) is 66.0 Å². The molecule has 3 amide bonds. The largest absolute Gasteiger partial charge is 0.354 e. The van der Waals surface area contributed by atoms with Crippen LogP contribution in [0.4, 0.5) is 10.6 Å². The van der Waals surface area contributed by atoms with Gasteiger partial charge in [0.2, 0.25) is 5.91 Å². The van der Waals surface area contributed by atoms with E-state index in [-0.39, 0.29) is 17.4 Å². The molecule has 1 saturated carbocycles. The maximum Gasteiger partial charge on any atom is 0.321 e. The number of anilines is 1. The van der Waals surface area contributed by atoms with Gasteiger partial charge >= 0.3 is 6.03 Å². The van der Waals surface area contributed by atoms with Gasteiger partial charge in [0.05, 0.1) is 12.2 Å². The Hall–Kier alpha value is -2.05. The molecule has 0 radical (unpaired) electrons. The van der Waals surface area contributed by atoms with Crippen molar-refractivity contribution in [2.75, 3.05) is 11.9 Å². The van der Waals surface area contributed by atoms with Gasteiger partial charge in [0.15, 0.2) is 0 Å². The molecule has 0 aliphatic heterocycles. The third-order valence-corrected chi connectivity index (χ3v) is 4.37. The van der Waals surface area contributed by atoms with Gasteiger partial charge < -0.3 is 10.6 Å². The Morgan fingerprint density at radius 1 is 1.28 bits per heavy atom. The first kappa shape index (κ1) is 19.3. The summed E-state index contributed by atoms with van der Waals surface area (Å²) in [7, 11) is 0. The van der Waals surface area contributed by atoms with Crippen molar-refractivity contribution < 1.29 is 9.59 Å². The van der Waals surface area contributed by atoms with Gasteiger partial charge in [-0.3, -0.25) is 10.1 Å². The Morgan fingerprint density at radius 2 is 1.92 bits per heavy atom. The molecular weight excluding hydrogens is 318 g/mol. The number of hydrogen-bond acceptors (Lipinski definition) is 3. The minimum absolute atomic E-state index is 0.0144. The van der Waals surface area contributed by atoms with Crippen LogP contribution in [-0.2, 0) is 4.79 Å². The number of rotatable bonds is 6. The molecule has 3 N–H and O–H groups in total. The summed E-state index contributed by atoms with van der Waals surface area (Å²) >= 11 is 0. The average molecular weight is 349 g/mol. The van der Waals surface area contributed by atoms with Crippen molar-refractivity contribution in [2.24, 2.45) is 11.3 Å². The maximum atomic E-state index is 12.4. The first-order valence-corrected chi connectivity index (χ1v) is 8.90. The number of carbonyl (C=O) groups excluding carboxylic acids is 2. The van der Waals surface area contributed by atoms with Crippen molar-refractivity contribution in [3.63, 3.8) is 0 Å². The molecule has 0 saturated heterocycles. The smallest absolute Gasteiger partial charge is 0.321 e. The lowest BCUT2D eigenvalue weighted by molar-refractivity contribution is -0.126. The molecule has 140 valence electrons. The van der Waals surface area contributed by atoms with Gasteiger partial charge in [-0.1, -0.05) is 20.8 Å². The Morgan fingerprint density at radius 3 is 2.48 bits per heavy atom. The highest BCUT2D eigenvalue weighted by Gasteiger charge is 2.32. The SMILES string of the molecule is C[C@@H](C1CC1)n1nccc1NC(=O)NC(C)(C)C(=O)NCC(C)(C)C. The predicted molar refractivity (Wildman–Crippen MR) is 98.4 cm³/mol. The van der Waals surface area contributed by atoms with Crippen LogP contribution < -0.4 is 16.0 Å². The van der Waals surface area contributed by atoms with E-state index in [0.717, 1.165) is 0 Å². The molecule has 0 aromatic carbocycles. The molecule has 1 fully saturated rings. The lowest BCUT2D eigenvalue weighted by Crippen LogP contribution is -2.56. The molecule has 0 bridgehead atoms. The minimum Gasteiger partial charge on any atom is -0.354 e. The molecule has 2 rings (SSSR count). The van der Waals surface area contributed by atoms with Gasteiger partial charge in [0.1, 0.15) is 11.4 Å². The standard InChI is InChI=1S/C18H31N5O2/c1-12(13-7-8-13)23-14(9-10-20-23)21-16(25)22-18(5,6)15(24)19-11-17(2,3)4/h9-10,12-13H,7-8,11H2,1-6H3,(H,19,24)(H2,21,22,25)/t12-/m0/s1. The van der Waals surface area contributed by atoms with Crippen LogP contribution in [0.25, 0.3) is 0 Å². The van der Waals surface area contributed by atoms with Gasteiger partial charge in [-0.2, -0.15) is 5.10 Å². The summed E-state index contributed by atoms with van der Waals surface area (Å²) in [5.74, 6) is 1.06. The molecule has 0 spiro atoms. The highest BCUT2D eigenvalue weighted by Crippen LogP contribution is 2.40. The molecular formula is C18H31N5O2. The molecule has 0 unspecified atom stereocenters. The molecule has 1 aromatic heterocycles. The van der Waals surface area contributed by atoms with E-state index in [2.05, 4.69) is 28.0 Å². The number of nitrogens with zero attached hydrogens (tertiary/aromatic N) is 2. The van der Waals surface area contributed by atoms with Crippen molar-refractivity contribution in [3.8, 4) is 0 Å². The second-order valence-corrected chi connectivity index (χ2v) is 8.69. The average Bonchev–Trinajstić information content (AvgIpc) is 3.23. The van der Waals surface area contributed by atoms with Gasteiger partial charge in [0.25, 0.3) is 0 Å². The molecule has 7 nitrogen and oxygen atoms in total. The normalized spacial score (nSPS) is 16.2. The van der Waals surface area contributed by atoms with Crippen LogP contribution in [0.2, 0.25) is 0 Å². The molecule has 1 atom stereocenters. The lowest BCUT2D eigenvalue weighted by atomic mass is 9.96. The minimum atomic E-state index is -1.01. The Labute approximate surface area is 149 Å². The van der Waals surface area contributed by atoms with Gasteiger partial charge in [0, 0.05) is 12.6 Å². The van der Waals surface area contributed by atoms with Gasteiger partial charge in [-0.05, 0) is 44.9 Å². The first-order valence-electron chi connectivity index (χ1n) is 8.90. The Bertz CT molecular complexity index is 626. The molecule has 1 aromatic rings. The summed E-state index contributed by atoms with van der Waals surface area (Å²) in [5.41, 5.74) is -1.03. The second-order valence-electron chi connectivity index (χ2n) is 8.69. The van der Waals surface area contributed by atoms with Gasteiger partial charge in [-0.25, -0.2) is 9.48 Å². The van der Waals surface area contributed by atoms with Crippen LogP contribution >= 0.6 is 0 Å². The summed E-state index contributed by atoms with van der Waals surface area (Å²) in [6, 6.07) is 1.61. The van der Waals surface area contributed by atoms with Gasteiger partial charge in [-0.15, -0.1) is 0 Å². The fourth-order valence-corrected chi connectivity index (χ4v) is 2.57. The van der Waals surface area contributed by atoms with E-state index in [1.807, 2.05) is 25.5 Å². The molecule has 1 aliphatic rings. The quantitative estimate of drug-likeness (QED) is 0.738. The van der Waals surface area contributed by atoms with Crippen molar-refractivity contribution in [1.82, 2.24) is 20.4 Å². The summed E-state index contributed by atoms with van der Waals surface area (Å²) in [6.07, 6.45) is 4.08. The van der Waals surface area contributed by atoms with Crippen LogP contribution in [0.1, 0.15) is 60.4 Å². The summed E-state index contributed by atoms with van der Waals surface area (Å²) < 4.78 is 1.84. The number of urea groups is 1. The Balaban J connectivity index is 1.93. The Kier molecular flexibility index (Phi) is 5.44. The second kappa shape index (κ2) is 7.06. The third kappa shape index (κ3) is 5.47. The molecule has 1 heterocycles. The number of aromatic nitrogens is 2. The summed E-state index contributed by atoms with van der Waals surface area (Å²) in [4.78, 5) is 24.7. The summed E-state index contributed by atoms with van der Waals surface area (Å²) in [5, 5.41) is 12.7. The highest BCUT2D eigenvalue weighted by atomic mass is 16.2. The maximum absolute atomic E-state index is 12.4. The van der Waals surface area contributed by atoms with E-state index >= 15 is 0 Å². The van der Waals surface area contributed by atoms with Crippen LogP contribution in [0.15, 0.2) is 12.3 Å². The zero-order chi connectivity index (χ0) is 18.8. The zero-order valence-electron chi connectivity index (χ0n) is 16.1. The summed E-state index contributed by atoms with van der Waals surface area (Å²) in [6.45, 7) is 12.2. The predicted octanol–water partition coefficient (Wildman–Crippen LogP) is 2.92. The fourth-order valence-electron chi connectivity index (χ4n) is 2.57. The number of hydrogen-bond donors (Lipinski definition) is 3. The van der Waals surface area contributed by atoms with E-state index in [1.165, 1.54) is 12.8 Å². The van der Waals surface area contributed by atoms with Crippen LogP contribution in [0, 0.1) is 11.3 Å². The monoisotopic (exact) mass is 349 g/mol. The molecule has 7 heteroatoms. The lowest BCUT2D eigenvalue weighted by Gasteiger charge is -2.28. The van der Waals surface area contributed by atoms with Crippen LogP contribution in [0.3, 0.4) is 0 Å². The van der Waals surface area contributed by atoms with E-state index < -0.39 is 11.6 Å². The zero-order valence-corrected chi connectivity index (χ0v) is 16.1. The molecule has 25 heavy (non-hydrogen) atoms. The van der Waals surface area contributed by atoms with Crippen LogP contribution in [0.5, 0.6) is 0 Å². The van der Waals surface area contributed by atoms with Crippen molar-refractivity contribution in [3.05, 3.63) is 12.3 Å². The van der Waals surface area contributed by atoms with Crippen LogP contribution in [-0.4, -0.2) is 33.8 Å². The fraction of sp³-hybridized carbons (Fsp3) is 0.722. The van der Waals surface area contributed by atoms with E-state index in [4.69, 9.17) is 0 Å². The van der Waals surface area contributed by atoms with Crippen molar-refractivity contribution >= 4 is 17.8 Å².